The number of nitrogens with zero attached hydrogens (tertiary/aromatic N) is 2. The highest BCUT2D eigenvalue weighted by Crippen LogP contribution is 2.21. The number of carbonyl (C=O) groups is 2. The van der Waals surface area contributed by atoms with Crippen LogP contribution in [0.1, 0.15) is 35.5 Å². The number of carbonyl (C=O) groups excluding carboxylic acids is 2. The number of para-hydroxylation sites is 1. The fourth-order valence-electron chi connectivity index (χ4n) is 2.66. The second kappa shape index (κ2) is 10.4. The molecule has 2 heterocycles. The number of thiophene rings is 1. The molecule has 29 heavy (non-hydrogen) atoms. The fraction of sp³-hybridized carbons (Fsp3) is 0.300. The van der Waals surface area contributed by atoms with Gasteiger partial charge in [0.1, 0.15) is 5.75 Å². The maximum atomic E-state index is 11.9. The molecule has 0 radical (unpaired) electrons. The van der Waals surface area contributed by atoms with Gasteiger partial charge in [-0.2, -0.15) is 4.98 Å². The first-order valence-electron chi connectivity index (χ1n) is 9.28. The molecule has 2 aromatic heterocycles. The van der Waals surface area contributed by atoms with Crippen LogP contribution in [0, 0.1) is 0 Å². The Labute approximate surface area is 172 Å². The summed E-state index contributed by atoms with van der Waals surface area (Å²) in [5.74, 6) is 0.710. The Bertz CT molecular complexity index is 940. The van der Waals surface area contributed by atoms with Crippen molar-refractivity contribution in [2.24, 2.45) is 5.73 Å². The van der Waals surface area contributed by atoms with Crippen molar-refractivity contribution in [2.45, 2.75) is 25.7 Å². The minimum atomic E-state index is -0.593. The van der Waals surface area contributed by atoms with Crippen molar-refractivity contribution >= 4 is 23.2 Å². The first-order chi connectivity index (χ1) is 14.1. The lowest BCUT2D eigenvalue weighted by molar-refractivity contribution is -0.123. The van der Waals surface area contributed by atoms with Crippen LogP contribution < -0.4 is 15.8 Å². The minimum Gasteiger partial charge on any atom is -0.483 e. The van der Waals surface area contributed by atoms with E-state index < -0.39 is 5.91 Å². The van der Waals surface area contributed by atoms with E-state index in [1.807, 2.05) is 17.5 Å². The van der Waals surface area contributed by atoms with Crippen LogP contribution >= 0.6 is 11.3 Å². The predicted molar refractivity (Wildman–Crippen MR) is 109 cm³/mol. The van der Waals surface area contributed by atoms with Crippen molar-refractivity contribution in [2.75, 3.05) is 13.2 Å². The van der Waals surface area contributed by atoms with Crippen molar-refractivity contribution in [1.29, 1.82) is 0 Å². The summed E-state index contributed by atoms with van der Waals surface area (Å²) in [6.45, 7) is 0.377. The number of hydrogen-bond acceptors (Lipinski definition) is 7. The zero-order valence-electron chi connectivity index (χ0n) is 15.8. The van der Waals surface area contributed by atoms with Gasteiger partial charge < -0.3 is 20.3 Å². The Hall–Kier alpha value is -3.20. The van der Waals surface area contributed by atoms with Gasteiger partial charge in [-0.25, -0.2) is 0 Å². The van der Waals surface area contributed by atoms with Crippen LogP contribution in [0.5, 0.6) is 5.75 Å². The molecular formula is C20H22N4O4S. The normalized spacial score (nSPS) is 10.6. The third kappa shape index (κ3) is 6.15. The van der Waals surface area contributed by atoms with Gasteiger partial charge in [0.2, 0.25) is 11.7 Å². The second-order valence-corrected chi connectivity index (χ2v) is 7.25. The summed E-state index contributed by atoms with van der Waals surface area (Å²) in [4.78, 5) is 28.6. The molecule has 0 aliphatic heterocycles. The zero-order valence-corrected chi connectivity index (χ0v) is 16.6. The Kier molecular flexibility index (Phi) is 7.34. The molecular weight excluding hydrogens is 392 g/mol. The number of aryl methyl sites for hydroxylation is 1. The molecule has 0 saturated carbocycles. The Balaban J connectivity index is 1.29. The van der Waals surface area contributed by atoms with E-state index in [0.717, 1.165) is 24.1 Å². The molecule has 152 valence electrons. The van der Waals surface area contributed by atoms with Crippen LogP contribution in [-0.2, 0) is 11.2 Å². The maximum Gasteiger partial charge on any atom is 0.257 e. The minimum absolute atomic E-state index is 0.169. The van der Waals surface area contributed by atoms with E-state index in [9.17, 15) is 9.59 Å². The number of primary amides is 1. The number of benzene rings is 1. The van der Waals surface area contributed by atoms with E-state index in [1.54, 1.807) is 35.6 Å². The number of amides is 2. The number of rotatable bonds is 11. The number of hydrogen-bond donors (Lipinski definition) is 2. The topological polar surface area (TPSA) is 120 Å². The van der Waals surface area contributed by atoms with Crippen molar-refractivity contribution in [3.8, 4) is 16.5 Å². The van der Waals surface area contributed by atoms with Gasteiger partial charge in [0.15, 0.2) is 6.61 Å². The number of unbranched alkanes of at least 4 members (excludes halogenated alkanes) is 2. The van der Waals surface area contributed by atoms with E-state index in [1.165, 1.54) is 0 Å². The summed E-state index contributed by atoms with van der Waals surface area (Å²) in [5, 5.41) is 8.75. The van der Waals surface area contributed by atoms with E-state index in [4.69, 9.17) is 15.0 Å². The van der Waals surface area contributed by atoms with Crippen LogP contribution in [0.15, 0.2) is 46.3 Å². The van der Waals surface area contributed by atoms with Gasteiger partial charge in [0.25, 0.3) is 11.8 Å². The summed E-state index contributed by atoms with van der Waals surface area (Å²) in [5.41, 5.74) is 5.53. The third-order valence-corrected chi connectivity index (χ3v) is 4.98. The van der Waals surface area contributed by atoms with Crippen LogP contribution in [0.4, 0.5) is 0 Å². The highest BCUT2D eigenvalue weighted by atomic mass is 32.1. The molecule has 0 unspecified atom stereocenters. The van der Waals surface area contributed by atoms with Gasteiger partial charge in [-0.15, -0.1) is 11.3 Å². The Morgan fingerprint density at radius 1 is 1.14 bits per heavy atom. The number of nitrogens with two attached hydrogens (primary N) is 1. The first kappa shape index (κ1) is 20.5. The molecule has 8 nitrogen and oxygen atoms in total. The molecule has 3 rings (SSSR count). The number of aromatic nitrogens is 2. The van der Waals surface area contributed by atoms with E-state index in [0.29, 0.717) is 30.4 Å². The summed E-state index contributed by atoms with van der Waals surface area (Å²) in [7, 11) is 0. The molecule has 0 bridgehead atoms. The lowest BCUT2D eigenvalue weighted by atomic mass is 10.2. The van der Waals surface area contributed by atoms with Crippen LogP contribution in [0.3, 0.4) is 0 Å². The van der Waals surface area contributed by atoms with Crippen molar-refractivity contribution in [3.05, 3.63) is 53.2 Å². The lowest BCUT2D eigenvalue weighted by Crippen LogP contribution is -2.30. The standard InChI is InChI=1S/C20H22N4O4S/c21-19(26)14-7-3-4-8-15(14)27-13-17(25)22-11-5-1-2-10-18-23-20(24-28-18)16-9-6-12-29-16/h3-4,6-9,12H,1-2,5,10-11,13H2,(H2,21,26)(H,22,25). The molecule has 0 aliphatic carbocycles. The fourth-order valence-corrected chi connectivity index (χ4v) is 3.31. The largest absolute Gasteiger partial charge is 0.483 e. The molecule has 9 heteroatoms. The van der Waals surface area contributed by atoms with Gasteiger partial charge >= 0.3 is 0 Å². The van der Waals surface area contributed by atoms with Gasteiger partial charge in [0, 0.05) is 13.0 Å². The van der Waals surface area contributed by atoms with Crippen LogP contribution in [0.25, 0.3) is 10.7 Å². The molecule has 3 aromatic rings. The average molecular weight is 414 g/mol. The quantitative estimate of drug-likeness (QED) is 0.466. The van der Waals surface area contributed by atoms with E-state index >= 15 is 0 Å². The molecule has 0 spiro atoms. The van der Waals surface area contributed by atoms with Gasteiger partial charge in [0.05, 0.1) is 10.4 Å². The van der Waals surface area contributed by atoms with Crippen LogP contribution in [0.2, 0.25) is 0 Å². The van der Waals surface area contributed by atoms with E-state index in [-0.39, 0.29) is 18.1 Å². The predicted octanol–water partition coefficient (Wildman–Crippen LogP) is 2.81. The molecule has 3 N–H and O–H groups in total. The lowest BCUT2D eigenvalue weighted by Gasteiger charge is -2.09. The monoisotopic (exact) mass is 414 g/mol. The Morgan fingerprint density at radius 3 is 2.79 bits per heavy atom. The smallest absolute Gasteiger partial charge is 0.257 e. The summed E-state index contributed by atoms with van der Waals surface area (Å²) >= 11 is 1.57. The van der Waals surface area contributed by atoms with Crippen molar-refractivity contribution in [3.63, 3.8) is 0 Å². The summed E-state index contributed by atoms with van der Waals surface area (Å²) in [6, 6.07) is 10.5. The zero-order chi connectivity index (χ0) is 20.5. The molecule has 2 amide bonds. The van der Waals surface area contributed by atoms with E-state index in [2.05, 4.69) is 15.5 Å². The van der Waals surface area contributed by atoms with Crippen molar-refractivity contribution in [1.82, 2.24) is 15.5 Å². The van der Waals surface area contributed by atoms with Crippen molar-refractivity contribution < 1.29 is 18.8 Å². The summed E-state index contributed by atoms with van der Waals surface area (Å²) < 4.78 is 10.6. The first-order valence-corrected chi connectivity index (χ1v) is 10.2. The highest BCUT2D eigenvalue weighted by Gasteiger charge is 2.11. The SMILES string of the molecule is NC(=O)c1ccccc1OCC(=O)NCCCCCc1nc(-c2cccs2)no1. The number of ether oxygens (including phenoxy) is 1. The van der Waals surface area contributed by atoms with Gasteiger partial charge in [-0.05, 0) is 36.4 Å². The number of nitrogens with one attached hydrogen (secondary N) is 1. The summed E-state index contributed by atoms with van der Waals surface area (Å²) in [6.07, 6.45) is 3.35. The Morgan fingerprint density at radius 2 is 2.00 bits per heavy atom. The molecule has 1 aromatic carbocycles. The average Bonchev–Trinajstić information content (AvgIpc) is 3.41. The van der Waals surface area contributed by atoms with Gasteiger partial charge in [-0.3, -0.25) is 9.59 Å². The molecule has 0 aliphatic rings. The molecule has 0 atom stereocenters. The third-order valence-electron chi connectivity index (χ3n) is 4.11. The highest BCUT2D eigenvalue weighted by molar-refractivity contribution is 7.13. The maximum absolute atomic E-state index is 11.9. The van der Waals surface area contributed by atoms with Crippen LogP contribution in [-0.4, -0.2) is 35.1 Å². The molecule has 0 fully saturated rings. The molecule has 0 saturated heterocycles. The van der Waals surface area contributed by atoms with Gasteiger partial charge in [-0.1, -0.05) is 29.8 Å². The second-order valence-electron chi connectivity index (χ2n) is 6.30.